The molecule has 3 heterocycles. The van der Waals surface area contributed by atoms with Crippen LogP contribution in [0.3, 0.4) is 0 Å². The molecule has 4 rings (SSSR count). The standard InChI is InChI=1S/C19H14F3N5OS2/c1-27-9-12(7-24-27)17-25-15(10-29-17)16(28)26-18-23-8-14(30-18)6-11-2-4-13(5-3-11)19(20,21)22/h2-5,7-10H,6H2,1H3,(H,23,26,28). The van der Waals surface area contributed by atoms with Gasteiger partial charge in [0.2, 0.25) is 0 Å². The van der Waals surface area contributed by atoms with Gasteiger partial charge in [-0.1, -0.05) is 12.1 Å². The molecule has 0 radical (unpaired) electrons. The topological polar surface area (TPSA) is 72.7 Å². The van der Waals surface area contributed by atoms with E-state index in [0.717, 1.165) is 28.1 Å². The Balaban J connectivity index is 1.40. The van der Waals surface area contributed by atoms with Crippen LogP contribution in [0.1, 0.15) is 26.5 Å². The fourth-order valence-corrected chi connectivity index (χ4v) is 4.28. The predicted molar refractivity (Wildman–Crippen MR) is 109 cm³/mol. The van der Waals surface area contributed by atoms with Crippen molar-refractivity contribution in [3.8, 4) is 10.6 Å². The minimum Gasteiger partial charge on any atom is -0.296 e. The Labute approximate surface area is 177 Å². The second-order valence-corrected chi connectivity index (χ2v) is 8.37. The lowest BCUT2D eigenvalue weighted by atomic mass is 10.1. The highest BCUT2D eigenvalue weighted by Gasteiger charge is 2.29. The maximum absolute atomic E-state index is 12.7. The van der Waals surface area contributed by atoms with Crippen molar-refractivity contribution >= 4 is 33.7 Å². The van der Waals surface area contributed by atoms with Gasteiger partial charge in [0.25, 0.3) is 5.91 Å². The Bertz CT molecular complexity index is 1180. The number of halogens is 3. The Morgan fingerprint density at radius 1 is 1.20 bits per heavy atom. The smallest absolute Gasteiger partial charge is 0.296 e. The summed E-state index contributed by atoms with van der Waals surface area (Å²) >= 11 is 2.61. The number of benzene rings is 1. The van der Waals surface area contributed by atoms with Gasteiger partial charge in [0.1, 0.15) is 10.7 Å². The number of thiazole rings is 2. The van der Waals surface area contributed by atoms with E-state index in [2.05, 4.69) is 20.4 Å². The predicted octanol–water partition coefficient (Wildman–Crippen LogP) is 4.86. The number of aromatic nitrogens is 4. The molecule has 3 aromatic heterocycles. The van der Waals surface area contributed by atoms with E-state index >= 15 is 0 Å². The Kier molecular flexibility index (Phi) is 5.39. The van der Waals surface area contributed by atoms with E-state index in [1.807, 2.05) is 6.20 Å². The van der Waals surface area contributed by atoms with E-state index in [4.69, 9.17) is 0 Å². The summed E-state index contributed by atoms with van der Waals surface area (Å²) in [6, 6.07) is 4.99. The molecule has 0 aliphatic carbocycles. The molecule has 0 atom stereocenters. The van der Waals surface area contributed by atoms with Gasteiger partial charge in [0.15, 0.2) is 5.13 Å². The van der Waals surface area contributed by atoms with Crippen molar-refractivity contribution in [1.82, 2.24) is 19.7 Å². The van der Waals surface area contributed by atoms with Crippen LogP contribution in [0.2, 0.25) is 0 Å². The van der Waals surface area contributed by atoms with Gasteiger partial charge in [0, 0.05) is 41.7 Å². The zero-order chi connectivity index (χ0) is 21.3. The molecule has 0 saturated heterocycles. The minimum atomic E-state index is -4.35. The highest BCUT2D eigenvalue weighted by molar-refractivity contribution is 7.15. The van der Waals surface area contributed by atoms with Crippen molar-refractivity contribution < 1.29 is 18.0 Å². The van der Waals surface area contributed by atoms with Crippen LogP contribution in [0.4, 0.5) is 18.3 Å². The SMILES string of the molecule is Cn1cc(-c2nc(C(=O)Nc3ncc(Cc4ccc(C(F)(F)F)cc4)s3)cs2)cn1. The number of anilines is 1. The maximum Gasteiger partial charge on any atom is 0.416 e. The van der Waals surface area contributed by atoms with Gasteiger partial charge < -0.3 is 0 Å². The van der Waals surface area contributed by atoms with E-state index in [9.17, 15) is 18.0 Å². The summed E-state index contributed by atoms with van der Waals surface area (Å²) in [5, 5.41) is 9.55. The van der Waals surface area contributed by atoms with Crippen LogP contribution in [0.15, 0.2) is 48.2 Å². The van der Waals surface area contributed by atoms with Crippen LogP contribution in [-0.2, 0) is 19.6 Å². The Morgan fingerprint density at radius 2 is 1.97 bits per heavy atom. The van der Waals surface area contributed by atoms with E-state index in [0.29, 0.717) is 16.6 Å². The third kappa shape index (κ3) is 4.57. The zero-order valence-corrected chi connectivity index (χ0v) is 17.1. The number of rotatable bonds is 5. The molecule has 1 N–H and O–H groups in total. The first-order chi connectivity index (χ1) is 14.3. The Morgan fingerprint density at radius 3 is 2.63 bits per heavy atom. The number of carbonyl (C=O) groups is 1. The number of hydrogen-bond donors (Lipinski definition) is 1. The Hall–Kier alpha value is -3.05. The first-order valence-corrected chi connectivity index (χ1v) is 10.3. The van der Waals surface area contributed by atoms with E-state index < -0.39 is 11.7 Å². The van der Waals surface area contributed by atoms with E-state index in [-0.39, 0.29) is 11.6 Å². The number of carbonyl (C=O) groups excluding carboxylic acids is 1. The van der Waals surface area contributed by atoms with Gasteiger partial charge in [-0.3, -0.25) is 14.8 Å². The first kappa shape index (κ1) is 20.2. The van der Waals surface area contributed by atoms with Crippen molar-refractivity contribution in [2.24, 2.45) is 7.05 Å². The minimum absolute atomic E-state index is 0.276. The molecule has 0 saturated carbocycles. The lowest BCUT2D eigenvalue weighted by Gasteiger charge is -2.06. The molecule has 0 fully saturated rings. The highest BCUT2D eigenvalue weighted by Crippen LogP contribution is 2.30. The fraction of sp³-hybridized carbons (Fsp3) is 0.158. The molecule has 30 heavy (non-hydrogen) atoms. The van der Waals surface area contributed by atoms with Gasteiger partial charge in [-0.15, -0.1) is 22.7 Å². The van der Waals surface area contributed by atoms with Crippen molar-refractivity contribution in [2.45, 2.75) is 12.6 Å². The molecular formula is C19H14F3N5OS2. The van der Waals surface area contributed by atoms with E-state index in [1.54, 1.807) is 29.5 Å². The van der Waals surface area contributed by atoms with Gasteiger partial charge in [-0.05, 0) is 17.7 Å². The second-order valence-electron chi connectivity index (χ2n) is 6.40. The number of nitrogens with zero attached hydrogens (tertiary/aromatic N) is 4. The summed E-state index contributed by atoms with van der Waals surface area (Å²) in [5.74, 6) is -0.378. The number of hydrogen-bond acceptors (Lipinski definition) is 6. The normalized spacial score (nSPS) is 11.6. The summed E-state index contributed by atoms with van der Waals surface area (Å²) in [6.07, 6.45) is 1.16. The van der Waals surface area contributed by atoms with Crippen LogP contribution in [0.25, 0.3) is 10.6 Å². The summed E-state index contributed by atoms with van der Waals surface area (Å²) in [5.41, 5.74) is 1.15. The molecular weight excluding hydrogens is 435 g/mol. The average molecular weight is 449 g/mol. The highest BCUT2D eigenvalue weighted by atomic mass is 32.1. The van der Waals surface area contributed by atoms with Gasteiger partial charge in [-0.25, -0.2) is 9.97 Å². The maximum atomic E-state index is 12.7. The van der Waals surface area contributed by atoms with Crippen LogP contribution >= 0.6 is 22.7 Å². The van der Waals surface area contributed by atoms with Gasteiger partial charge in [0.05, 0.1) is 11.8 Å². The molecule has 6 nitrogen and oxygen atoms in total. The van der Waals surface area contributed by atoms with E-state index in [1.165, 1.54) is 34.8 Å². The quantitative estimate of drug-likeness (QED) is 0.472. The van der Waals surface area contributed by atoms with Gasteiger partial charge in [-0.2, -0.15) is 18.3 Å². The third-order valence-corrected chi connectivity index (χ3v) is 5.93. The molecule has 154 valence electrons. The summed E-state index contributed by atoms with van der Waals surface area (Å²) in [7, 11) is 1.80. The summed E-state index contributed by atoms with van der Waals surface area (Å²) in [4.78, 5) is 21.8. The molecule has 0 spiro atoms. The third-order valence-electron chi connectivity index (χ3n) is 4.12. The fourth-order valence-electron chi connectivity index (χ4n) is 2.66. The summed E-state index contributed by atoms with van der Waals surface area (Å²) in [6.45, 7) is 0. The molecule has 0 bridgehead atoms. The zero-order valence-electron chi connectivity index (χ0n) is 15.5. The number of nitrogens with one attached hydrogen (secondary N) is 1. The number of alkyl halides is 3. The van der Waals surface area contributed by atoms with Gasteiger partial charge >= 0.3 is 6.18 Å². The average Bonchev–Trinajstić information content (AvgIpc) is 3.42. The molecule has 1 amide bonds. The monoisotopic (exact) mass is 449 g/mol. The molecule has 0 unspecified atom stereocenters. The molecule has 0 aliphatic heterocycles. The summed E-state index contributed by atoms with van der Waals surface area (Å²) < 4.78 is 39.6. The van der Waals surface area contributed by atoms with Crippen molar-refractivity contribution in [3.63, 3.8) is 0 Å². The van der Waals surface area contributed by atoms with Crippen LogP contribution in [0, 0.1) is 0 Å². The lowest BCUT2D eigenvalue weighted by molar-refractivity contribution is -0.137. The van der Waals surface area contributed by atoms with Crippen molar-refractivity contribution in [2.75, 3.05) is 5.32 Å². The largest absolute Gasteiger partial charge is 0.416 e. The molecule has 4 aromatic rings. The van der Waals surface area contributed by atoms with Crippen molar-refractivity contribution in [1.29, 1.82) is 0 Å². The number of aryl methyl sites for hydroxylation is 1. The second kappa shape index (κ2) is 8.00. The first-order valence-electron chi connectivity index (χ1n) is 8.64. The lowest BCUT2D eigenvalue weighted by Crippen LogP contribution is -2.11. The molecule has 0 aliphatic rings. The molecule has 11 heteroatoms. The van der Waals surface area contributed by atoms with Crippen LogP contribution < -0.4 is 5.32 Å². The molecule has 1 aromatic carbocycles. The van der Waals surface area contributed by atoms with Crippen molar-refractivity contribution in [3.05, 3.63) is 69.9 Å². The van der Waals surface area contributed by atoms with Crippen LogP contribution in [0.5, 0.6) is 0 Å². The number of amides is 1. The van der Waals surface area contributed by atoms with Crippen LogP contribution in [-0.4, -0.2) is 25.7 Å².